The van der Waals surface area contributed by atoms with Crippen molar-refractivity contribution in [2.75, 3.05) is 13.1 Å². The quantitative estimate of drug-likeness (QED) is 0.409. The predicted molar refractivity (Wildman–Crippen MR) is 134 cm³/mol. The van der Waals surface area contributed by atoms with Crippen LogP contribution in [0.3, 0.4) is 0 Å². The number of fused-ring (bicyclic) bond motifs is 2. The molecule has 0 spiro atoms. The van der Waals surface area contributed by atoms with Crippen LogP contribution in [0.1, 0.15) is 45.2 Å². The molecule has 4 heterocycles. The zero-order valence-corrected chi connectivity index (χ0v) is 21.0. The van der Waals surface area contributed by atoms with Crippen LogP contribution in [0, 0.1) is 6.92 Å². The molecule has 1 aromatic carbocycles. The van der Waals surface area contributed by atoms with Crippen LogP contribution < -0.4 is 5.56 Å². The number of hydrogen-bond donors (Lipinski definition) is 0. The predicted octanol–water partition coefficient (Wildman–Crippen LogP) is 4.89. The summed E-state index contributed by atoms with van der Waals surface area (Å²) >= 11 is 1.43. The van der Waals surface area contributed by atoms with Gasteiger partial charge in [0.05, 0.1) is 11.0 Å². The van der Waals surface area contributed by atoms with E-state index in [2.05, 4.69) is 17.2 Å². The van der Waals surface area contributed by atoms with Crippen LogP contribution in [0.15, 0.2) is 35.4 Å². The van der Waals surface area contributed by atoms with E-state index >= 15 is 0 Å². The molecular weight excluding hydrogens is 450 g/mol. The monoisotopic (exact) mass is 479 g/mol. The number of hydrogen-bond acceptors (Lipinski definition) is 6. The number of thiazole rings is 1. The van der Waals surface area contributed by atoms with Gasteiger partial charge in [-0.15, -0.1) is 11.3 Å². The maximum absolute atomic E-state index is 13.4. The molecule has 178 valence electrons. The van der Waals surface area contributed by atoms with E-state index in [4.69, 9.17) is 9.72 Å². The molecule has 1 amide bonds. The number of carbonyl (C=O) groups is 1. The van der Waals surface area contributed by atoms with E-state index in [0.29, 0.717) is 30.6 Å². The van der Waals surface area contributed by atoms with Gasteiger partial charge in [0.2, 0.25) is 0 Å². The van der Waals surface area contributed by atoms with Gasteiger partial charge in [-0.2, -0.15) is 5.10 Å². The summed E-state index contributed by atoms with van der Waals surface area (Å²) in [6.45, 7) is 8.79. The van der Waals surface area contributed by atoms with E-state index in [0.717, 1.165) is 32.6 Å². The Labute approximate surface area is 201 Å². The number of carbonyl (C=O) groups excluding carboxylic acids is 1. The maximum atomic E-state index is 13.4. The van der Waals surface area contributed by atoms with Crippen molar-refractivity contribution >= 4 is 38.5 Å². The Bertz CT molecular complexity index is 1450. The van der Waals surface area contributed by atoms with Gasteiger partial charge in [0.1, 0.15) is 15.3 Å². The Morgan fingerprint density at radius 3 is 2.65 bits per heavy atom. The van der Waals surface area contributed by atoms with Crippen molar-refractivity contribution in [3.05, 3.63) is 46.5 Å². The van der Waals surface area contributed by atoms with Gasteiger partial charge in [-0.1, -0.05) is 0 Å². The number of amides is 1. The fraction of sp³-hybridized carbons (Fsp3) is 0.440. The van der Waals surface area contributed by atoms with Crippen molar-refractivity contribution in [3.63, 3.8) is 0 Å². The van der Waals surface area contributed by atoms with Gasteiger partial charge in [-0.3, -0.25) is 9.48 Å². The third-order valence-corrected chi connectivity index (χ3v) is 7.25. The molecular formula is C25H29N5O3S. The second kappa shape index (κ2) is 8.23. The molecule has 4 aromatic rings. The summed E-state index contributed by atoms with van der Waals surface area (Å²) in [5.41, 5.74) is 3.25. The number of likely N-dealkylation sites (tertiary alicyclic amines) is 1. The molecule has 9 heteroatoms. The molecule has 1 aliphatic rings. The van der Waals surface area contributed by atoms with Crippen LogP contribution in [0.4, 0.5) is 4.79 Å². The summed E-state index contributed by atoms with van der Waals surface area (Å²) in [7, 11) is 1.91. The summed E-state index contributed by atoms with van der Waals surface area (Å²) in [4.78, 5) is 32.2. The van der Waals surface area contributed by atoms with Gasteiger partial charge >= 0.3 is 6.09 Å². The highest BCUT2D eigenvalue weighted by Gasteiger charge is 2.28. The zero-order valence-electron chi connectivity index (χ0n) is 20.2. The minimum Gasteiger partial charge on any atom is -0.444 e. The molecule has 1 aliphatic heterocycles. The number of rotatable bonds is 2. The number of pyridine rings is 1. The van der Waals surface area contributed by atoms with Crippen molar-refractivity contribution in [1.82, 2.24) is 24.2 Å². The molecule has 34 heavy (non-hydrogen) atoms. The first-order valence-corrected chi connectivity index (χ1v) is 12.3. The van der Waals surface area contributed by atoms with E-state index in [9.17, 15) is 9.59 Å². The van der Waals surface area contributed by atoms with Crippen LogP contribution in [0.25, 0.3) is 31.7 Å². The van der Waals surface area contributed by atoms with Crippen LogP contribution in [-0.4, -0.2) is 49.0 Å². The first-order chi connectivity index (χ1) is 16.1. The first kappa shape index (κ1) is 22.6. The van der Waals surface area contributed by atoms with Crippen LogP contribution >= 0.6 is 11.3 Å². The molecule has 0 radical (unpaired) electrons. The number of benzene rings is 1. The van der Waals surface area contributed by atoms with Gasteiger partial charge in [0.25, 0.3) is 5.56 Å². The normalized spacial score (nSPS) is 15.4. The van der Waals surface area contributed by atoms with Gasteiger partial charge in [0, 0.05) is 49.5 Å². The molecule has 0 unspecified atom stereocenters. The highest BCUT2D eigenvalue weighted by atomic mass is 32.1. The number of nitrogens with zero attached hydrogens (tertiary/aromatic N) is 5. The van der Waals surface area contributed by atoms with Gasteiger partial charge in [-0.05, 0) is 64.3 Å². The van der Waals surface area contributed by atoms with E-state index in [1.807, 2.05) is 62.5 Å². The van der Waals surface area contributed by atoms with E-state index in [1.54, 1.807) is 4.90 Å². The molecule has 8 nitrogen and oxygen atoms in total. The summed E-state index contributed by atoms with van der Waals surface area (Å²) < 4.78 is 9.77. The molecule has 5 rings (SSSR count). The summed E-state index contributed by atoms with van der Waals surface area (Å²) in [6, 6.07) is 6.14. The summed E-state index contributed by atoms with van der Waals surface area (Å²) in [5.74, 6) is 0. The number of ether oxygens (including phenoxy) is 1. The summed E-state index contributed by atoms with van der Waals surface area (Å²) in [6.07, 6.45) is 4.98. The van der Waals surface area contributed by atoms with Gasteiger partial charge in [0.15, 0.2) is 0 Å². The Balaban J connectivity index is 1.40. The Morgan fingerprint density at radius 1 is 1.21 bits per heavy atom. The minimum atomic E-state index is -0.514. The maximum Gasteiger partial charge on any atom is 0.410 e. The average Bonchev–Trinajstić information content (AvgIpc) is 3.37. The van der Waals surface area contributed by atoms with Gasteiger partial charge < -0.3 is 14.2 Å². The van der Waals surface area contributed by atoms with Crippen molar-refractivity contribution in [2.45, 2.75) is 52.2 Å². The largest absolute Gasteiger partial charge is 0.444 e. The molecule has 0 saturated carbocycles. The van der Waals surface area contributed by atoms with Crippen molar-refractivity contribution in [3.8, 4) is 10.6 Å². The lowest BCUT2D eigenvalue weighted by atomic mass is 10.0. The fourth-order valence-corrected chi connectivity index (χ4v) is 5.54. The first-order valence-electron chi connectivity index (χ1n) is 11.5. The summed E-state index contributed by atoms with van der Waals surface area (Å²) in [5, 5.41) is 6.41. The lowest BCUT2D eigenvalue weighted by Gasteiger charge is -2.34. The molecule has 1 fully saturated rings. The lowest BCUT2D eigenvalue weighted by molar-refractivity contribution is 0.0187. The van der Waals surface area contributed by atoms with Crippen LogP contribution in [0.2, 0.25) is 0 Å². The standard InChI is InChI=1S/C25H29N5O3S/c1-15-12-16(13-17-14-28(5)27-20(15)17)22-26-19-8-11-30(23(31)21(19)34-22)18-6-9-29(10-7-18)24(32)33-25(2,3)4/h8,11-14,18H,6-7,9-10H2,1-5H3. The average molecular weight is 480 g/mol. The highest BCUT2D eigenvalue weighted by Crippen LogP contribution is 2.32. The topological polar surface area (TPSA) is 82.3 Å². The molecule has 0 bridgehead atoms. The number of aromatic nitrogens is 4. The second-order valence-electron chi connectivity index (χ2n) is 9.99. The van der Waals surface area contributed by atoms with Crippen LogP contribution in [0.5, 0.6) is 0 Å². The zero-order chi connectivity index (χ0) is 24.2. The number of aryl methyl sites for hydroxylation is 2. The molecule has 0 N–H and O–H groups in total. The molecule has 3 aromatic heterocycles. The van der Waals surface area contributed by atoms with Crippen molar-refractivity contribution in [1.29, 1.82) is 0 Å². The smallest absolute Gasteiger partial charge is 0.410 e. The minimum absolute atomic E-state index is 0.0175. The molecule has 1 saturated heterocycles. The van der Waals surface area contributed by atoms with E-state index < -0.39 is 5.60 Å². The Hall–Kier alpha value is -3.20. The molecule has 0 aliphatic carbocycles. The number of piperidine rings is 1. The van der Waals surface area contributed by atoms with Crippen molar-refractivity contribution < 1.29 is 9.53 Å². The Morgan fingerprint density at radius 2 is 1.94 bits per heavy atom. The third kappa shape index (κ3) is 4.20. The van der Waals surface area contributed by atoms with Crippen LogP contribution in [-0.2, 0) is 11.8 Å². The highest BCUT2D eigenvalue weighted by molar-refractivity contribution is 7.21. The fourth-order valence-electron chi connectivity index (χ4n) is 4.55. The van der Waals surface area contributed by atoms with Crippen molar-refractivity contribution in [2.24, 2.45) is 7.05 Å². The second-order valence-corrected chi connectivity index (χ2v) is 11.0. The SMILES string of the molecule is Cc1cc(-c2nc3ccn(C4CCN(C(=O)OC(C)(C)C)CC4)c(=O)c3s2)cc2cn(C)nc12. The van der Waals surface area contributed by atoms with E-state index in [1.165, 1.54) is 11.3 Å². The van der Waals surface area contributed by atoms with E-state index in [-0.39, 0.29) is 17.7 Å². The Kier molecular flexibility index (Phi) is 5.47. The van der Waals surface area contributed by atoms with Gasteiger partial charge in [-0.25, -0.2) is 9.78 Å². The third-order valence-electron chi connectivity index (χ3n) is 6.15. The lowest BCUT2D eigenvalue weighted by Crippen LogP contribution is -2.43. The molecule has 0 atom stereocenters.